The van der Waals surface area contributed by atoms with Crippen LogP contribution in [0.4, 0.5) is 0 Å². The second-order valence-electron chi connectivity index (χ2n) is 4.01. The van der Waals surface area contributed by atoms with Crippen molar-refractivity contribution in [2.24, 2.45) is 5.92 Å². The van der Waals surface area contributed by atoms with Crippen molar-refractivity contribution in [3.63, 3.8) is 0 Å². The van der Waals surface area contributed by atoms with Gasteiger partial charge in [-0.1, -0.05) is 20.8 Å². The molecule has 0 saturated carbocycles. The summed E-state index contributed by atoms with van der Waals surface area (Å²) in [4.78, 5) is 11.4. The molecule has 0 aliphatic carbocycles. The van der Waals surface area contributed by atoms with Crippen molar-refractivity contribution in [2.75, 3.05) is 12.8 Å². The zero-order chi connectivity index (χ0) is 8.65. The monoisotopic (exact) mass is 172 g/mol. The molecular formula is C9H17OP. The highest BCUT2D eigenvalue weighted by Gasteiger charge is 2.39. The van der Waals surface area contributed by atoms with Crippen LogP contribution in [0.2, 0.25) is 0 Å². The van der Waals surface area contributed by atoms with Gasteiger partial charge in [0.2, 0.25) is 0 Å². The molecule has 0 amide bonds. The van der Waals surface area contributed by atoms with Gasteiger partial charge in [-0.25, -0.2) is 0 Å². The van der Waals surface area contributed by atoms with Gasteiger partial charge in [-0.2, -0.15) is 0 Å². The molecule has 0 bridgehead atoms. The standard InChI is InChI=1S/C9H17OP/c1-7-8(10)5-6-11(4)9(7,2)3/h7H,5-6H2,1-4H3. The molecule has 2 unspecified atom stereocenters. The number of rotatable bonds is 0. The molecule has 1 heterocycles. The van der Waals surface area contributed by atoms with Crippen LogP contribution in [0.5, 0.6) is 0 Å². The van der Waals surface area contributed by atoms with Gasteiger partial charge in [-0.3, -0.25) is 4.79 Å². The molecule has 0 aromatic rings. The average molecular weight is 172 g/mol. The van der Waals surface area contributed by atoms with Crippen molar-refractivity contribution < 1.29 is 4.79 Å². The maximum absolute atomic E-state index is 11.4. The fraction of sp³-hybridized carbons (Fsp3) is 0.889. The Morgan fingerprint density at radius 2 is 2.09 bits per heavy atom. The van der Waals surface area contributed by atoms with Crippen LogP contribution in [0.1, 0.15) is 27.2 Å². The Bertz CT molecular complexity index is 174. The highest BCUT2D eigenvalue weighted by atomic mass is 31.1. The largest absolute Gasteiger partial charge is 0.299 e. The van der Waals surface area contributed by atoms with Crippen LogP contribution in [0.3, 0.4) is 0 Å². The Balaban J connectivity index is 2.80. The minimum Gasteiger partial charge on any atom is -0.299 e. The van der Waals surface area contributed by atoms with Crippen molar-refractivity contribution >= 4 is 13.7 Å². The average Bonchev–Trinajstić information content (AvgIpc) is 1.95. The molecule has 0 N–H and O–H groups in total. The van der Waals surface area contributed by atoms with Gasteiger partial charge >= 0.3 is 0 Å². The Labute approximate surface area is 70.3 Å². The quantitative estimate of drug-likeness (QED) is 0.513. The minimum absolute atomic E-state index is 0.0783. The van der Waals surface area contributed by atoms with Gasteiger partial charge in [0, 0.05) is 12.3 Å². The van der Waals surface area contributed by atoms with Crippen LogP contribution in [-0.4, -0.2) is 23.8 Å². The first kappa shape index (κ1) is 9.19. The number of ketones is 1. The fourth-order valence-electron chi connectivity index (χ4n) is 1.51. The maximum Gasteiger partial charge on any atom is 0.136 e. The molecule has 1 rings (SSSR count). The molecule has 0 radical (unpaired) electrons. The fourth-order valence-corrected chi connectivity index (χ4v) is 3.44. The number of carbonyl (C=O) groups excluding carboxylic acids is 1. The van der Waals surface area contributed by atoms with Crippen molar-refractivity contribution in [1.29, 1.82) is 0 Å². The van der Waals surface area contributed by atoms with E-state index in [1.165, 1.54) is 0 Å². The molecule has 64 valence electrons. The second-order valence-corrected chi connectivity index (χ2v) is 7.01. The molecule has 0 aromatic carbocycles. The van der Waals surface area contributed by atoms with E-state index in [1.54, 1.807) is 0 Å². The zero-order valence-corrected chi connectivity index (χ0v) is 8.74. The van der Waals surface area contributed by atoms with E-state index in [4.69, 9.17) is 0 Å². The molecule has 0 spiro atoms. The topological polar surface area (TPSA) is 17.1 Å². The van der Waals surface area contributed by atoms with Crippen LogP contribution >= 0.6 is 7.92 Å². The highest BCUT2D eigenvalue weighted by Crippen LogP contribution is 2.54. The molecule has 1 nitrogen and oxygen atoms in total. The minimum atomic E-state index is 0.0783. The first-order valence-corrected chi connectivity index (χ1v) is 6.17. The lowest BCUT2D eigenvalue weighted by atomic mass is 9.91. The first-order valence-electron chi connectivity index (χ1n) is 4.20. The lowest BCUT2D eigenvalue weighted by molar-refractivity contribution is -0.123. The van der Waals surface area contributed by atoms with Gasteiger partial charge in [-0.15, -0.1) is 7.92 Å². The van der Waals surface area contributed by atoms with Gasteiger partial charge < -0.3 is 0 Å². The molecule has 0 aromatic heterocycles. The van der Waals surface area contributed by atoms with E-state index in [0.29, 0.717) is 5.78 Å². The predicted octanol–water partition coefficient (Wildman–Crippen LogP) is 2.49. The zero-order valence-electron chi connectivity index (χ0n) is 7.85. The molecule has 1 fully saturated rings. The Morgan fingerprint density at radius 3 is 2.55 bits per heavy atom. The van der Waals surface area contributed by atoms with Crippen LogP contribution in [0.25, 0.3) is 0 Å². The number of carbonyl (C=O) groups is 1. The van der Waals surface area contributed by atoms with Crippen LogP contribution in [0, 0.1) is 5.92 Å². The number of Topliss-reactive ketones (excluding diaryl/α,β-unsaturated/α-hetero) is 1. The van der Waals surface area contributed by atoms with Gasteiger partial charge in [-0.05, 0) is 18.0 Å². The Hall–Kier alpha value is 0.100. The summed E-state index contributed by atoms with van der Waals surface area (Å²) in [5.74, 6) is 0.753. The van der Waals surface area contributed by atoms with E-state index in [1.807, 2.05) is 0 Å². The maximum atomic E-state index is 11.4. The lowest BCUT2D eigenvalue weighted by Crippen LogP contribution is -2.38. The summed E-state index contributed by atoms with van der Waals surface area (Å²) in [6.07, 6.45) is 1.97. The third kappa shape index (κ3) is 1.49. The predicted molar refractivity (Wildman–Crippen MR) is 50.6 cm³/mol. The lowest BCUT2D eigenvalue weighted by Gasteiger charge is -2.41. The van der Waals surface area contributed by atoms with Crippen molar-refractivity contribution in [3.8, 4) is 0 Å². The van der Waals surface area contributed by atoms with Gasteiger partial charge in [0.15, 0.2) is 0 Å². The summed E-state index contributed by atoms with van der Waals surface area (Å²) >= 11 is 0. The molecule has 1 aliphatic rings. The van der Waals surface area contributed by atoms with Crippen LogP contribution < -0.4 is 0 Å². The summed E-state index contributed by atoms with van der Waals surface area (Å²) in [5.41, 5.74) is 0. The Morgan fingerprint density at radius 1 is 1.55 bits per heavy atom. The summed E-state index contributed by atoms with van der Waals surface area (Å²) < 4.78 is 0. The summed E-state index contributed by atoms with van der Waals surface area (Å²) in [6, 6.07) is 0. The van der Waals surface area contributed by atoms with Gasteiger partial charge in [0.25, 0.3) is 0 Å². The third-order valence-corrected chi connectivity index (χ3v) is 6.47. The van der Waals surface area contributed by atoms with E-state index in [9.17, 15) is 4.79 Å². The highest BCUT2D eigenvalue weighted by molar-refractivity contribution is 7.58. The molecule has 11 heavy (non-hydrogen) atoms. The second kappa shape index (κ2) is 2.86. The molecule has 2 heteroatoms. The van der Waals surface area contributed by atoms with E-state index in [2.05, 4.69) is 27.4 Å². The first-order chi connectivity index (χ1) is 4.96. The van der Waals surface area contributed by atoms with E-state index in [-0.39, 0.29) is 19.0 Å². The van der Waals surface area contributed by atoms with E-state index >= 15 is 0 Å². The van der Waals surface area contributed by atoms with Crippen LogP contribution in [-0.2, 0) is 4.79 Å². The molecular weight excluding hydrogens is 155 g/mol. The molecule has 2 atom stereocenters. The summed E-state index contributed by atoms with van der Waals surface area (Å²) in [7, 11) is 0.0783. The number of hydrogen-bond donors (Lipinski definition) is 0. The van der Waals surface area contributed by atoms with E-state index < -0.39 is 0 Å². The van der Waals surface area contributed by atoms with Crippen molar-refractivity contribution in [2.45, 2.75) is 32.3 Å². The van der Waals surface area contributed by atoms with Gasteiger partial charge in [0.1, 0.15) is 5.78 Å². The summed E-state index contributed by atoms with van der Waals surface area (Å²) in [6.45, 7) is 8.87. The van der Waals surface area contributed by atoms with E-state index in [0.717, 1.165) is 12.6 Å². The van der Waals surface area contributed by atoms with Crippen molar-refractivity contribution in [1.82, 2.24) is 0 Å². The SMILES string of the molecule is CC1C(=O)CCP(C)C1(C)C. The molecule has 1 saturated heterocycles. The Kier molecular flexibility index (Phi) is 2.39. The smallest absolute Gasteiger partial charge is 0.136 e. The third-order valence-electron chi connectivity index (χ3n) is 3.22. The summed E-state index contributed by atoms with van der Waals surface area (Å²) in [5, 5.41) is 0.282. The normalized spacial score (nSPS) is 37.3. The van der Waals surface area contributed by atoms with Crippen molar-refractivity contribution in [3.05, 3.63) is 0 Å². The number of hydrogen-bond acceptors (Lipinski definition) is 1. The van der Waals surface area contributed by atoms with Crippen LogP contribution in [0.15, 0.2) is 0 Å². The van der Waals surface area contributed by atoms with Gasteiger partial charge in [0.05, 0.1) is 0 Å². The molecule has 1 aliphatic heterocycles.